The van der Waals surface area contributed by atoms with Crippen molar-refractivity contribution in [2.45, 2.75) is 19.3 Å². The van der Waals surface area contributed by atoms with E-state index in [9.17, 15) is 14.0 Å². The minimum atomic E-state index is -1.02. The first-order chi connectivity index (χ1) is 14.4. The molecule has 0 spiro atoms. The van der Waals surface area contributed by atoms with Crippen LogP contribution in [-0.2, 0) is 14.3 Å². The second-order valence-electron chi connectivity index (χ2n) is 6.86. The average Bonchev–Trinajstić information content (AvgIpc) is 2.74. The number of allylic oxidation sites excluding steroid dienone is 2. The zero-order valence-electron chi connectivity index (χ0n) is 16.9. The first-order valence-electron chi connectivity index (χ1n) is 9.48. The fraction of sp³-hybridized carbons (Fsp3) is 0.304. The van der Waals surface area contributed by atoms with Crippen LogP contribution in [0.3, 0.4) is 0 Å². The van der Waals surface area contributed by atoms with Crippen molar-refractivity contribution in [2.24, 2.45) is 5.92 Å². The molecule has 3 rings (SSSR count). The van der Waals surface area contributed by atoms with E-state index in [1.165, 1.54) is 25.3 Å². The third-order valence-electron chi connectivity index (χ3n) is 5.13. The molecule has 158 valence electrons. The van der Waals surface area contributed by atoms with Gasteiger partial charge in [0.25, 0.3) is 0 Å². The summed E-state index contributed by atoms with van der Waals surface area (Å²) in [5.74, 6) is -2.00. The number of ketones is 1. The lowest BCUT2D eigenvalue weighted by Gasteiger charge is -2.29. The van der Waals surface area contributed by atoms with Crippen LogP contribution < -0.4 is 9.47 Å². The Balaban J connectivity index is 2.06. The Morgan fingerprint density at radius 2 is 1.87 bits per heavy atom. The third kappa shape index (κ3) is 4.33. The van der Waals surface area contributed by atoms with Gasteiger partial charge in [0.15, 0.2) is 17.3 Å². The number of esters is 1. The predicted octanol–water partition coefficient (Wildman–Crippen LogP) is 4.82. The fourth-order valence-corrected chi connectivity index (χ4v) is 3.87. The van der Waals surface area contributed by atoms with Crippen LogP contribution >= 0.6 is 11.6 Å². The maximum Gasteiger partial charge on any atom is 0.317 e. The van der Waals surface area contributed by atoms with E-state index in [1.54, 1.807) is 32.2 Å². The molecule has 1 aliphatic carbocycles. The number of carbonyl (C=O) groups is 2. The Kier molecular flexibility index (Phi) is 6.77. The molecular formula is C23H22ClFO5. The van der Waals surface area contributed by atoms with Gasteiger partial charge in [0, 0.05) is 5.92 Å². The van der Waals surface area contributed by atoms with Crippen molar-refractivity contribution >= 4 is 28.9 Å². The molecule has 30 heavy (non-hydrogen) atoms. The molecular weight excluding hydrogens is 411 g/mol. The molecule has 0 saturated carbocycles. The van der Waals surface area contributed by atoms with Gasteiger partial charge >= 0.3 is 5.97 Å². The minimum absolute atomic E-state index is 0.0650. The van der Waals surface area contributed by atoms with Crippen LogP contribution in [0.1, 0.15) is 30.4 Å². The Morgan fingerprint density at radius 3 is 2.50 bits per heavy atom. The summed E-state index contributed by atoms with van der Waals surface area (Å²) in [7, 11) is 3.07. The lowest BCUT2D eigenvalue weighted by Crippen LogP contribution is -2.34. The average molecular weight is 433 g/mol. The number of rotatable bonds is 6. The van der Waals surface area contributed by atoms with Gasteiger partial charge in [0.05, 0.1) is 25.8 Å². The van der Waals surface area contributed by atoms with Gasteiger partial charge in [-0.05, 0) is 60.4 Å². The topological polar surface area (TPSA) is 61.8 Å². The monoisotopic (exact) mass is 432 g/mol. The second kappa shape index (κ2) is 9.30. The second-order valence-corrected chi connectivity index (χ2v) is 7.26. The summed E-state index contributed by atoms with van der Waals surface area (Å²) in [6.45, 7) is 1.84. The van der Waals surface area contributed by atoms with E-state index in [0.29, 0.717) is 23.5 Å². The van der Waals surface area contributed by atoms with Gasteiger partial charge in [-0.15, -0.1) is 0 Å². The van der Waals surface area contributed by atoms with Crippen LogP contribution in [0.2, 0.25) is 5.02 Å². The highest BCUT2D eigenvalue weighted by atomic mass is 35.5. The van der Waals surface area contributed by atoms with Gasteiger partial charge in [-0.3, -0.25) is 9.59 Å². The highest BCUT2D eigenvalue weighted by molar-refractivity contribution is 6.30. The van der Waals surface area contributed by atoms with E-state index in [0.717, 1.165) is 11.1 Å². The summed E-state index contributed by atoms with van der Waals surface area (Å²) in [4.78, 5) is 25.5. The van der Waals surface area contributed by atoms with E-state index < -0.39 is 23.6 Å². The quantitative estimate of drug-likeness (QED) is 0.484. The summed E-state index contributed by atoms with van der Waals surface area (Å²) in [6, 6.07) is 9.58. The highest BCUT2D eigenvalue weighted by Crippen LogP contribution is 2.42. The maximum atomic E-state index is 13.7. The summed E-state index contributed by atoms with van der Waals surface area (Å²) in [5, 5.41) is -0.0650. The van der Waals surface area contributed by atoms with E-state index in [2.05, 4.69) is 0 Å². The maximum absolute atomic E-state index is 13.7. The van der Waals surface area contributed by atoms with Crippen LogP contribution in [0.25, 0.3) is 5.57 Å². The van der Waals surface area contributed by atoms with Crippen molar-refractivity contribution in [1.29, 1.82) is 0 Å². The summed E-state index contributed by atoms with van der Waals surface area (Å²) < 4.78 is 29.4. The number of hydrogen-bond donors (Lipinski definition) is 0. The minimum Gasteiger partial charge on any atom is -0.493 e. The summed E-state index contributed by atoms with van der Waals surface area (Å²) in [5.41, 5.74) is 2.09. The number of methoxy groups -OCH3 is 2. The Labute approximate surface area is 179 Å². The Morgan fingerprint density at radius 1 is 1.13 bits per heavy atom. The van der Waals surface area contributed by atoms with Gasteiger partial charge in [0.1, 0.15) is 11.7 Å². The number of halogens is 2. The zero-order valence-corrected chi connectivity index (χ0v) is 17.7. The molecule has 0 radical (unpaired) electrons. The van der Waals surface area contributed by atoms with E-state index >= 15 is 0 Å². The van der Waals surface area contributed by atoms with Gasteiger partial charge < -0.3 is 14.2 Å². The van der Waals surface area contributed by atoms with Crippen molar-refractivity contribution in [3.8, 4) is 11.5 Å². The van der Waals surface area contributed by atoms with Crippen molar-refractivity contribution in [3.05, 3.63) is 64.4 Å². The van der Waals surface area contributed by atoms with Crippen LogP contribution in [0.15, 0.2) is 42.5 Å². The largest absolute Gasteiger partial charge is 0.493 e. The normalized spacial score (nSPS) is 18.6. The predicted molar refractivity (Wildman–Crippen MR) is 111 cm³/mol. The molecule has 0 saturated heterocycles. The molecule has 0 bridgehead atoms. The van der Waals surface area contributed by atoms with Crippen LogP contribution in [0.5, 0.6) is 11.5 Å². The van der Waals surface area contributed by atoms with E-state index in [1.807, 2.05) is 6.07 Å². The van der Waals surface area contributed by atoms with Crippen LogP contribution in [-0.4, -0.2) is 32.6 Å². The molecule has 2 aromatic carbocycles. The number of carbonyl (C=O) groups excluding carboxylic acids is 2. The van der Waals surface area contributed by atoms with E-state index in [-0.39, 0.29) is 17.4 Å². The van der Waals surface area contributed by atoms with Crippen molar-refractivity contribution in [3.63, 3.8) is 0 Å². The Hall–Kier alpha value is -2.86. The molecule has 0 aromatic heterocycles. The number of hydrogen-bond acceptors (Lipinski definition) is 5. The molecule has 2 atom stereocenters. The Bertz CT molecular complexity index is 1000. The first kappa shape index (κ1) is 21.8. The highest BCUT2D eigenvalue weighted by Gasteiger charge is 2.40. The van der Waals surface area contributed by atoms with E-state index in [4.69, 9.17) is 25.8 Å². The molecule has 2 aromatic rings. The molecule has 5 nitrogen and oxygen atoms in total. The number of benzene rings is 2. The fourth-order valence-electron chi connectivity index (χ4n) is 3.68. The number of ether oxygens (including phenoxy) is 3. The molecule has 1 aliphatic rings. The van der Waals surface area contributed by atoms with Gasteiger partial charge in [-0.1, -0.05) is 23.7 Å². The van der Waals surface area contributed by atoms with Crippen LogP contribution in [0, 0.1) is 11.7 Å². The molecule has 0 heterocycles. The van der Waals surface area contributed by atoms with Crippen LogP contribution in [0.4, 0.5) is 4.39 Å². The van der Waals surface area contributed by atoms with Gasteiger partial charge in [-0.2, -0.15) is 0 Å². The van der Waals surface area contributed by atoms with Crippen molar-refractivity contribution in [1.82, 2.24) is 0 Å². The smallest absolute Gasteiger partial charge is 0.317 e. The zero-order chi connectivity index (χ0) is 21.8. The standard InChI is InChI=1S/C23H22ClFO5/c1-4-30-23(27)22-16(14-5-7-18(25)17(24)10-14)9-15(11-19(22)26)13-6-8-20(28-2)21(12-13)29-3/h5-8,10-12,16,22H,4,9H2,1-3H3/t16-,22-/m1/s1. The van der Waals surface area contributed by atoms with Crippen molar-refractivity contribution in [2.75, 3.05) is 20.8 Å². The lowest BCUT2D eigenvalue weighted by molar-refractivity contribution is -0.151. The van der Waals surface area contributed by atoms with Gasteiger partial charge in [0.2, 0.25) is 0 Å². The summed E-state index contributed by atoms with van der Waals surface area (Å²) in [6.07, 6.45) is 1.83. The van der Waals surface area contributed by atoms with Crippen molar-refractivity contribution < 1.29 is 28.2 Å². The first-order valence-corrected chi connectivity index (χ1v) is 9.85. The SMILES string of the molecule is CCOC(=O)[C@H]1C(=O)C=C(c2ccc(OC)c(OC)c2)C[C@@H]1c1ccc(F)c(Cl)c1. The molecule has 0 aliphatic heterocycles. The molecule has 0 fully saturated rings. The molecule has 7 heteroatoms. The summed E-state index contributed by atoms with van der Waals surface area (Å²) >= 11 is 5.96. The lowest BCUT2D eigenvalue weighted by atomic mass is 9.73. The van der Waals surface area contributed by atoms with Gasteiger partial charge in [-0.25, -0.2) is 4.39 Å². The molecule has 0 amide bonds. The third-order valence-corrected chi connectivity index (χ3v) is 5.42. The molecule has 0 N–H and O–H groups in total. The molecule has 0 unspecified atom stereocenters.